The van der Waals surface area contributed by atoms with Crippen molar-refractivity contribution in [1.29, 1.82) is 0 Å². The van der Waals surface area contributed by atoms with E-state index >= 15 is 0 Å². The van der Waals surface area contributed by atoms with Gasteiger partial charge in [0.1, 0.15) is 0 Å². The van der Waals surface area contributed by atoms with E-state index in [0.29, 0.717) is 18.7 Å². The van der Waals surface area contributed by atoms with E-state index in [1.54, 1.807) is 11.9 Å². The Morgan fingerprint density at radius 2 is 2.05 bits per heavy atom. The summed E-state index contributed by atoms with van der Waals surface area (Å²) in [6, 6.07) is 0. The first-order chi connectivity index (χ1) is 9.30. The number of carbonyl (C=O) groups excluding carboxylic acids is 1. The highest BCUT2D eigenvalue weighted by Gasteiger charge is 2.34. The molecule has 2 rings (SSSR count). The zero-order valence-electron chi connectivity index (χ0n) is 11.9. The summed E-state index contributed by atoms with van der Waals surface area (Å²) >= 11 is 1.43. The molecular formula is C13H23NO4S2. The minimum Gasteiger partial charge on any atom is -0.388 e. The van der Waals surface area contributed by atoms with E-state index in [9.17, 15) is 18.3 Å². The van der Waals surface area contributed by atoms with Crippen molar-refractivity contribution in [3.05, 3.63) is 0 Å². The highest BCUT2D eigenvalue weighted by molar-refractivity contribution is 8.02. The standard InChI is InChI=1S/C13H23NO4S2/c1-14(10-13(16)5-2-3-6-13)12(15)8-19-11-4-7-20(17,18)9-11/h11,16H,2-10H2,1H3. The molecule has 1 saturated heterocycles. The van der Waals surface area contributed by atoms with Gasteiger partial charge in [-0.05, 0) is 19.3 Å². The van der Waals surface area contributed by atoms with Crippen LogP contribution < -0.4 is 0 Å². The van der Waals surface area contributed by atoms with Gasteiger partial charge in [-0.25, -0.2) is 8.42 Å². The van der Waals surface area contributed by atoms with Gasteiger partial charge in [0.05, 0.1) is 22.9 Å². The Kier molecular flexibility index (Phi) is 5.02. The zero-order chi connectivity index (χ0) is 14.8. The molecule has 2 fully saturated rings. The number of thioether (sulfide) groups is 1. The third-order valence-electron chi connectivity index (χ3n) is 4.12. The molecular weight excluding hydrogens is 298 g/mol. The van der Waals surface area contributed by atoms with Crippen LogP contribution in [0.2, 0.25) is 0 Å². The molecule has 1 aliphatic heterocycles. The molecule has 1 N–H and O–H groups in total. The molecule has 2 aliphatic rings. The third-order valence-corrected chi connectivity index (χ3v) is 7.39. The van der Waals surface area contributed by atoms with Crippen molar-refractivity contribution in [2.75, 3.05) is 30.9 Å². The molecule has 1 aliphatic carbocycles. The molecule has 1 saturated carbocycles. The summed E-state index contributed by atoms with van der Waals surface area (Å²) in [6.45, 7) is 0.384. The number of sulfone groups is 1. The number of amides is 1. The lowest BCUT2D eigenvalue weighted by atomic mass is 10.0. The molecule has 116 valence electrons. The van der Waals surface area contributed by atoms with Crippen molar-refractivity contribution in [3.8, 4) is 0 Å². The zero-order valence-corrected chi connectivity index (χ0v) is 13.5. The number of carbonyl (C=O) groups is 1. The summed E-state index contributed by atoms with van der Waals surface area (Å²) in [5.41, 5.74) is -0.716. The largest absolute Gasteiger partial charge is 0.388 e. The maximum atomic E-state index is 12.0. The molecule has 0 radical (unpaired) electrons. The summed E-state index contributed by atoms with van der Waals surface area (Å²) in [7, 11) is -1.16. The SMILES string of the molecule is CN(CC1(O)CCCC1)C(=O)CSC1CCS(=O)(=O)C1. The Labute approximate surface area is 125 Å². The quantitative estimate of drug-likeness (QED) is 0.805. The maximum Gasteiger partial charge on any atom is 0.232 e. The number of rotatable bonds is 5. The second-order valence-corrected chi connectivity index (χ2v) is 9.53. The van der Waals surface area contributed by atoms with Gasteiger partial charge < -0.3 is 10.0 Å². The van der Waals surface area contributed by atoms with Crippen LogP contribution in [0.5, 0.6) is 0 Å². The average molecular weight is 321 g/mol. The topological polar surface area (TPSA) is 74.7 Å². The minimum atomic E-state index is -2.88. The van der Waals surface area contributed by atoms with Crippen molar-refractivity contribution < 1.29 is 18.3 Å². The Bertz CT molecular complexity index is 457. The predicted molar refractivity (Wildman–Crippen MR) is 80.6 cm³/mol. The Hall–Kier alpha value is -0.270. The lowest BCUT2D eigenvalue weighted by Gasteiger charge is -2.28. The highest BCUT2D eigenvalue weighted by atomic mass is 32.2. The lowest BCUT2D eigenvalue weighted by Crippen LogP contribution is -2.42. The summed E-state index contributed by atoms with van der Waals surface area (Å²) in [5.74, 6) is 0.708. The van der Waals surface area contributed by atoms with Crippen molar-refractivity contribution in [2.24, 2.45) is 0 Å². The van der Waals surface area contributed by atoms with E-state index in [0.717, 1.165) is 25.7 Å². The van der Waals surface area contributed by atoms with Crippen LogP contribution in [0, 0.1) is 0 Å². The molecule has 0 bridgehead atoms. The molecule has 7 heteroatoms. The first-order valence-electron chi connectivity index (χ1n) is 7.08. The smallest absolute Gasteiger partial charge is 0.232 e. The second kappa shape index (κ2) is 6.23. The maximum absolute atomic E-state index is 12.0. The molecule has 1 amide bonds. The number of hydrogen-bond donors (Lipinski definition) is 1. The van der Waals surface area contributed by atoms with Crippen LogP contribution in [0.1, 0.15) is 32.1 Å². The van der Waals surface area contributed by atoms with Gasteiger partial charge in [-0.2, -0.15) is 0 Å². The average Bonchev–Trinajstić information content (AvgIpc) is 2.92. The van der Waals surface area contributed by atoms with Crippen LogP contribution >= 0.6 is 11.8 Å². The van der Waals surface area contributed by atoms with Gasteiger partial charge in [-0.1, -0.05) is 12.8 Å². The van der Waals surface area contributed by atoms with Crippen molar-refractivity contribution in [1.82, 2.24) is 4.90 Å². The van der Waals surface area contributed by atoms with Crippen LogP contribution in [0.4, 0.5) is 0 Å². The number of nitrogens with zero attached hydrogens (tertiary/aromatic N) is 1. The summed E-state index contributed by atoms with van der Waals surface area (Å²) < 4.78 is 22.7. The van der Waals surface area contributed by atoms with Gasteiger partial charge in [0, 0.05) is 18.8 Å². The van der Waals surface area contributed by atoms with Gasteiger partial charge in [0.15, 0.2) is 9.84 Å². The van der Waals surface area contributed by atoms with E-state index in [1.807, 2.05) is 0 Å². The van der Waals surface area contributed by atoms with Crippen LogP contribution in [0.25, 0.3) is 0 Å². The van der Waals surface area contributed by atoms with Crippen molar-refractivity contribution in [2.45, 2.75) is 43.0 Å². The molecule has 1 atom stereocenters. The Morgan fingerprint density at radius 3 is 2.60 bits per heavy atom. The third kappa shape index (κ3) is 4.36. The molecule has 0 aromatic heterocycles. The Morgan fingerprint density at radius 1 is 1.40 bits per heavy atom. The highest BCUT2D eigenvalue weighted by Crippen LogP contribution is 2.30. The van der Waals surface area contributed by atoms with Gasteiger partial charge in [-0.3, -0.25) is 4.79 Å². The van der Waals surface area contributed by atoms with Gasteiger partial charge in [-0.15, -0.1) is 11.8 Å². The molecule has 0 spiro atoms. The fourth-order valence-corrected chi connectivity index (χ4v) is 6.50. The molecule has 1 heterocycles. The van der Waals surface area contributed by atoms with Crippen LogP contribution in [-0.2, 0) is 14.6 Å². The van der Waals surface area contributed by atoms with Crippen LogP contribution in [0.3, 0.4) is 0 Å². The molecule has 0 aromatic carbocycles. The number of likely N-dealkylation sites (N-methyl/N-ethyl adjacent to an activating group) is 1. The summed E-state index contributed by atoms with van der Waals surface area (Å²) in [6.07, 6.45) is 4.21. The molecule has 5 nitrogen and oxygen atoms in total. The fourth-order valence-electron chi connectivity index (χ4n) is 2.91. The minimum absolute atomic E-state index is 0.0281. The van der Waals surface area contributed by atoms with E-state index in [2.05, 4.69) is 0 Å². The summed E-state index contributed by atoms with van der Waals surface area (Å²) in [4.78, 5) is 13.6. The normalized spacial score (nSPS) is 27.6. The number of hydrogen-bond acceptors (Lipinski definition) is 5. The first kappa shape index (κ1) is 16.1. The van der Waals surface area contributed by atoms with Crippen LogP contribution in [0.15, 0.2) is 0 Å². The monoisotopic (exact) mass is 321 g/mol. The van der Waals surface area contributed by atoms with Crippen molar-refractivity contribution >= 4 is 27.5 Å². The molecule has 20 heavy (non-hydrogen) atoms. The fraction of sp³-hybridized carbons (Fsp3) is 0.923. The predicted octanol–water partition coefficient (Wildman–Crippen LogP) is 0.670. The Balaban J connectivity index is 1.74. The van der Waals surface area contributed by atoms with E-state index in [4.69, 9.17) is 0 Å². The van der Waals surface area contributed by atoms with E-state index in [1.165, 1.54) is 11.8 Å². The lowest BCUT2D eigenvalue weighted by molar-refractivity contribution is -0.130. The molecule has 0 aromatic rings. The van der Waals surface area contributed by atoms with E-state index in [-0.39, 0.29) is 22.7 Å². The molecule has 1 unspecified atom stereocenters. The van der Waals surface area contributed by atoms with Gasteiger partial charge in [0.2, 0.25) is 5.91 Å². The van der Waals surface area contributed by atoms with Gasteiger partial charge in [0.25, 0.3) is 0 Å². The summed E-state index contributed by atoms with van der Waals surface area (Å²) in [5, 5.41) is 10.3. The first-order valence-corrected chi connectivity index (χ1v) is 9.95. The number of aliphatic hydroxyl groups is 1. The van der Waals surface area contributed by atoms with E-state index < -0.39 is 15.4 Å². The van der Waals surface area contributed by atoms with Crippen LogP contribution in [-0.4, -0.2) is 66.0 Å². The van der Waals surface area contributed by atoms with Gasteiger partial charge >= 0.3 is 0 Å². The second-order valence-electron chi connectivity index (χ2n) is 6.02. The van der Waals surface area contributed by atoms with Crippen molar-refractivity contribution in [3.63, 3.8) is 0 Å².